The zero-order chi connectivity index (χ0) is 22.9. The minimum atomic E-state index is -3.48. The zero-order valence-electron chi connectivity index (χ0n) is 16.6. The predicted molar refractivity (Wildman–Crippen MR) is 110 cm³/mol. The summed E-state index contributed by atoms with van der Waals surface area (Å²) >= 11 is 0. The Kier molecular flexibility index (Phi) is 5.84. The molecule has 0 bridgehead atoms. The molecule has 32 heavy (non-hydrogen) atoms. The second-order valence-corrected chi connectivity index (χ2v) is 7.36. The fraction of sp³-hybridized carbons (Fsp3) is 0.217. The maximum Gasteiger partial charge on any atom is 0.287 e. The standard InChI is InChI=1S/C23H18F4N2O3/c24-20(25)19-12-23(31,22(26)27)29(28-19)21(30)17-7-3-4-14(10-17)13-32-18-9-8-15-5-1-2-6-16(15)11-18/h1-11,20,22,31H,12-13H2. The second kappa shape index (κ2) is 8.58. The van der Waals surface area contributed by atoms with E-state index in [1.54, 1.807) is 12.1 Å². The average molecular weight is 446 g/mol. The van der Waals surface area contributed by atoms with E-state index in [9.17, 15) is 27.5 Å². The summed E-state index contributed by atoms with van der Waals surface area (Å²) in [5.41, 5.74) is -3.65. The molecule has 0 saturated carbocycles. The van der Waals surface area contributed by atoms with Gasteiger partial charge in [-0.15, -0.1) is 0 Å². The zero-order valence-corrected chi connectivity index (χ0v) is 16.6. The number of hydrogen-bond acceptors (Lipinski definition) is 4. The lowest BCUT2D eigenvalue weighted by atomic mass is 10.1. The van der Waals surface area contributed by atoms with Gasteiger partial charge in [0.2, 0.25) is 5.72 Å². The summed E-state index contributed by atoms with van der Waals surface area (Å²) in [6.45, 7) is 0.0735. The van der Waals surface area contributed by atoms with E-state index in [-0.39, 0.29) is 17.2 Å². The number of aliphatic hydroxyl groups is 1. The summed E-state index contributed by atoms with van der Waals surface area (Å²) in [4.78, 5) is 12.7. The highest BCUT2D eigenvalue weighted by Crippen LogP contribution is 2.34. The normalized spacial score (nSPS) is 18.5. The predicted octanol–water partition coefficient (Wildman–Crippen LogP) is 4.84. The number of rotatable bonds is 6. The molecule has 3 aromatic rings. The Morgan fingerprint density at radius 2 is 1.78 bits per heavy atom. The Morgan fingerprint density at radius 3 is 2.50 bits per heavy atom. The van der Waals surface area contributed by atoms with Gasteiger partial charge in [-0.2, -0.15) is 10.1 Å². The maximum absolute atomic E-state index is 13.4. The van der Waals surface area contributed by atoms with E-state index in [0.717, 1.165) is 10.8 Å². The molecule has 1 aliphatic heterocycles. The first-order valence-corrected chi connectivity index (χ1v) is 9.69. The molecule has 166 valence electrons. The Balaban J connectivity index is 1.53. The number of alkyl halides is 4. The lowest BCUT2D eigenvalue weighted by Crippen LogP contribution is -2.51. The number of hydrazone groups is 1. The Morgan fingerprint density at radius 1 is 1.03 bits per heavy atom. The molecule has 0 saturated heterocycles. The van der Waals surface area contributed by atoms with Gasteiger partial charge in [0, 0.05) is 12.0 Å². The van der Waals surface area contributed by atoms with Crippen molar-refractivity contribution in [2.24, 2.45) is 5.10 Å². The van der Waals surface area contributed by atoms with Gasteiger partial charge in [-0.1, -0.05) is 42.5 Å². The number of carbonyl (C=O) groups is 1. The van der Waals surface area contributed by atoms with Crippen molar-refractivity contribution >= 4 is 22.4 Å². The van der Waals surface area contributed by atoms with Crippen molar-refractivity contribution in [2.75, 3.05) is 0 Å². The molecular formula is C23H18F4N2O3. The maximum atomic E-state index is 13.4. The molecule has 3 aromatic carbocycles. The lowest BCUT2D eigenvalue weighted by Gasteiger charge is -2.30. The van der Waals surface area contributed by atoms with E-state index in [1.165, 1.54) is 18.2 Å². The third-order valence-corrected chi connectivity index (χ3v) is 5.13. The fourth-order valence-corrected chi connectivity index (χ4v) is 3.44. The van der Waals surface area contributed by atoms with Crippen molar-refractivity contribution in [1.29, 1.82) is 0 Å². The monoisotopic (exact) mass is 446 g/mol. The highest BCUT2D eigenvalue weighted by molar-refractivity contribution is 5.99. The van der Waals surface area contributed by atoms with Gasteiger partial charge in [-0.25, -0.2) is 17.6 Å². The van der Waals surface area contributed by atoms with Crippen molar-refractivity contribution < 1.29 is 32.2 Å². The molecule has 5 nitrogen and oxygen atoms in total. The molecule has 0 aliphatic carbocycles. The van der Waals surface area contributed by atoms with Crippen LogP contribution < -0.4 is 4.74 Å². The summed E-state index contributed by atoms with van der Waals surface area (Å²) < 4.78 is 58.5. The molecule has 0 aromatic heterocycles. The first-order valence-electron chi connectivity index (χ1n) is 9.69. The molecule has 9 heteroatoms. The summed E-state index contributed by atoms with van der Waals surface area (Å²) in [6.07, 6.45) is -7.77. The number of ether oxygens (including phenoxy) is 1. The van der Waals surface area contributed by atoms with Gasteiger partial charge >= 0.3 is 0 Å². The molecule has 4 rings (SSSR count). The number of hydrogen-bond donors (Lipinski definition) is 1. The number of fused-ring (bicyclic) bond motifs is 1. The van der Waals surface area contributed by atoms with Gasteiger partial charge in [0.25, 0.3) is 18.8 Å². The van der Waals surface area contributed by atoms with Crippen molar-refractivity contribution in [1.82, 2.24) is 5.01 Å². The SMILES string of the molecule is O=C(c1cccc(COc2ccc3ccccc3c2)c1)N1N=C(C(F)F)CC1(O)C(F)F. The van der Waals surface area contributed by atoms with E-state index >= 15 is 0 Å². The van der Waals surface area contributed by atoms with E-state index in [0.29, 0.717) is 11.3 Å². The second-order valence-electron chi connectivity index (χ2n) is 7.36. The molecule has 0 spiro atoms. The van der Waals surface area contributed by atoms with Crippen LogP contribution in [0.3, 0.4) is 0 Å². The van der Waals surface area contributed by atoms with Crippen molar-refractivity contribution in [2.45, 2.75) is 31.6 Å². The number of benzene rings is 3. The molecule has 1 heterocycles. The van der Waals surface area contributed by atoms with Gasteiger partial charge in [0.1, 0.15) is 18.1 Å². The van der Waals surface area contributed by atoms with Crippen LogP contribution >= 0.6 is 0 Å². The van der Waals surface area contributed by atoms with Crippen molar-refractivity contribution in [3.8, 4) is 5.75 Å². The Labute approximate surface area is 180 Å². The van der Waals surface area contributed by atoms with E-state index in [4.69, 9.17) is 4.74 Å². The van der Waals surface area contributed by atoms with Crippen LogP contribution in [0.1, 0.15) is 22.3 Å². The van der Waals surface area contributed by atoms with Gasteiger partial charge < -0.3 is 9.84 Å². The molecule has 1 atom stereocenters. The van der Waals surface area contributed by atoms with Gasteiger partial charge in [-0.05, 0) is 40.6 Å². The van der Waals surface area contributed by atoms with Crippen LogP contribution in [-0.4, -0.2) is 40.3 Å². The van der Waals surface area contributed by atoms with Gasteiger partial charge in [-0.3, -0.25) is 4.79 Å². The minimum absolute atomic E-state index is 0.0441. The molecule has 1 unspecified atom stereocenters. The minimum Gasteiger partial charge on any atom is -0.489 e. The fourth-order valence-electron chi connectivity index (χ4n) is 3.44. The summed E-state index contributed by atoms with van der Waals surface area (Å²) in [5, 5.41) is 15.5. The van der Waals surface area contributed by atoms with Crippen LogP contribution in [0.2, 0.25) is 0 Å². The van der Waals surface area contributed by atoms with Gasteiger partial charge in [0.05, 0.1) is 0 Å². The average Bonchev–Trinajstić information content (AvgIpc) is 3.16. The Bertz CT molecular complexity index is 1180. The summed E-state index contributed by atoms with van der Waals surface area (Å²) in [6, 6.07) is 19.2. The first kappa shape index (κ1) is 21.8. The van der Waals surface area contributed by atoms with Crippen LogP contribution in [0.4, 0.5) is 17.6 Å². The third-order valence-electron chi connectivity index (χ3n) is 5.13. The number of amides is 1. The molecule has 1 aliphatic rings. The first-order chi connectivity index (χ1) is 15.3. The van der Waals surface area contributed by atoms with E-state index in [2.05, 4.69) is 5.10 Å². The van der Waals surface area contributed by atoms with Crippen LogP contribution in [0.5, 0.6) is 5.75 Å². The van der Waals surface area contributed by atoms with Crippen LogP contribution in [-0.2, 0) is 6.61 Å². The Hall–Kier alpha value is -3.46. The number of nitrogens with zero attached hydrogens (tertiary/aromatic N) is 2. The summed E-state index contributed by atoms with van der Waals surface area (Å²) in [7, 11) is 0. The molecular weight excluding hydrogens is 428 g/mol. The molecule has 0 radical (unpaired) electrons. The molecule has 1 amide bonds. The van der Waals surface area contributed by atoms with E-state index < -0.39 is 36.6 Å². The third kappa shape index (κ3) is 4.16. The number of carbonyl (C=O) groups excluding carboxylic acids is 1. The lowest BCUT2D eigenvalue weighted by molar-refractivity contribution is -0.164. The van der Waals surface area contributed by atoms with Crippen molar-refractivity contribution in [3.05, 3.63) is 77.9 Å². The van der Waals surface area contributed by atoms with Crippen LogP contribution in [0, 0.1) is 0 Å². The molecule has 0 fully saturated rings. The van der Waals surface area contributed by atoms with Crippen LogP contribution in [0.25, 0.3) is 10.8 Å². The van der Waals surface area contributed by atoms with E-state index in [1.807, 2.05) is 36.4 Å². The topological polar surface area (TPSA) is 62.1 Å². The number of halogens is 4. The highest BCUT2D eigenvalue weighted by Gasteiger charge is 2.53. The quantitative estimate of drug-likeness (QED) is 0.552. The van der Waals surface area contributed by atoms with Gasteiger partial charge in [0.15, 0.2) is 0 Å². The highest BCUT2D eigenvalue weighted by atomic mass is 19.3. The summed E-state index contributed by atoms with van der Waals surface area (Å²) in [5.74, 6) is -0.519. The van der Waals surface area contributed by atoms with Crippen LogP contribution in [0.15, 0.2) is 71.8 Å². The molecule has 1 N–H and O–H groups in total. The smallest absolute Gasteiger partial charge is 0.287 e. The van der Waals surface area contributed by atoms with Crippen molar-refractivity contribution in [3.63, 3.8) is 0 Å². The largest absolute Gasteiger partial charge is 0.489 e.